The highest BCUT2D eigenvalue weighted by atomic mass is 19.1. The minimum Gasteiger partial charge on any atom is -0.508 e. The van der Waals surface area contributed by atoms with Crippen LogP contribution >= 0.6 is 0 Å². The van der Waals surface area contributed by atoms with E-state index in [1.807, 2.05) is 21.0 Å². The quantitative estimate of drug-likeness (QED) is 0.307. The number of aryl methyl sites for hydroxylation is 1. The fourth-order valence-electron chi connectivity index (χ4n) is 6.11. The first kappa shape index (κ1) is 26.2. The molecule has 2 aromatic heterocycles. The Morgan fingerprint density at radius 2 is 1.93 bits per heavy atom. The molecule has 40 heavy (non-hydrogen) atoms. The molecule has 2 saturated heterocycles. The molecule has 2 bridgehead atoms. The summed E-state index contributed by atoms with van der Waals surface area (Å²) in [5.74, 6) is 2.46. The van der Waals surface area contributed by atoms with E-state index in [9.17, 15) is 9.50 Å². The van der Waals surface area contributed by atoms with Gasteiger partial charge in [0.1, 0.15) is 28.9 Å². The number of fused-ring (bicyclic) bond motifs is 4. The molecule has 0 spiro atoms. The van der Waals surface area contributed by atoms with Crippen LogP contribution in [0.3, 0.4) is 0 Å². The van der Waals surface area contributed by atoms with E-state index in [0.29, 0.717) is 57.4 Å². The van der Waals surface area contributed by atoms with Crippen LogP contribution in [0.4, 0.5) is 20.4 Å². The molecule has 2 fully saturated rings. The first-order chi connectivity index (χ1) is 19.2. The summed E-state index contributed by atoms with van der Waals surface area (Å²) >= 11 is 0. The Bertz CT molecular complexity index is 1670. The molecule has 2 unspecified atom stereocenters. The monoisotopic (exact) mass is 542 g/mol. The normalized spacial score (nSPS) is 18.6. The lowest BCUT2D eigenvalue weighted by molar-refractivity contribution is 0.425. The van der Waals surface area contributed by atoms with Gasteiger partial charge in [0.15, 0.2) is 5.82 Å². The Morgan fingerprint density at radius 1 is 1.18 bits per heavy atom. The van der Waals surface area contributed by atoms with Gasteiger partial charge in [0.25, 0.3) is 0 Å². The highest BCUT2D eigenvalue weighted by molar-refractivity contribution is 6.04. The van der Waals surface area contributed by atoms with Crippen molar-refractivity contribution in [2.45, 2.75) is 31.8 Å². The number of hydrogen-bond donors (Lipinski definition) is 3. The van der Waals surface area contributed by atoms with E-state index in [1.54, 1.807) is 6.20 Å². The van der Waals surface area contributed by atoms with Crippen molar-refractivity contribution in [1.82, 2.24) is 20.2 Å². The predicted octanol–water partition coefficient (Wildman–Crippen LogP) is 4.64. The van der Waals surface area contributed by atoms with Crippen molar-refractivity contribution in [3.05, 3.63) is 53.2 Å². The summed E-state index contributed by atoms with van der Waals surface area (Å²) < 4.78 is 31.5. The molecule has 4 heterocycles. The average molecular weight is 543 g/mol. The number of pyridine rings is 2. The number of hydrogen-bond acceptors (Lipinski definition) is 7. The third kappa shape index (κ3) is 4.47. The van der Waals surface area contributed by atoms with Crippen LogP contribution < -0.4 is 15.5 Å². The van der Waals surface area contributed by atoms with Crippen molar-refractivity contribution in [3.8, 4) is 29.4 Å². The molecule has 2 atom stereocenters. The maximum Gasteiger partial charge on any atom is 0.157 e. The molecule has 7 nitrogen and oxygen atoms in total. The van der Waals surface area contributed by atoms with Crippen LogP contribution in [0.5, 0.6) is 5.75 Å². The Kier molecular flexibility index (Phi) is 6.69. The number of nitrogens with zero attached hydrogens (tertiary/aromatic N) is 4. The van der Waals surface area contributed by atoms with Crippen molar-refractivity contribution >= 4 is 33.2 Å². The van der Waals surface area contributed by atoms with Gasteiger partial charge in [-0.1, -0.05) is 12.0 Å². The van der Waals surface area contributed by atoms with Gasteiger partial charge in [0.05, 0.1) is 5.56 Å². The van der Waals surface area contributed by atoms with Crippen molar-refractivity contribution < 1.29 is 13.9 Å². The lowest BCUT2D eigenvalue weighted by Crippen LogP contribution is -2.51. The molecule has 2 aliphatic rings. The summed E-state index contributed by atoms with van der Waals surface area (Å²) in [6, 6.07) is 6.38. The molecule has 2 aliphatic heterocycles. The maximum atomic E-state index is 16.8. The van der Waals surface area contributed by atoms with Crippen molar-refractivity contribution in [1.29, 1.82) is 0 Å². The summed E-state index contributed by atoms with van der Waals surface area (Å²) in [4.78, 5) is 13.9. The van der Waals surface area contributed by atoms with E-state index >= 15 is 4.39 Å². The van der Waals surface area contributed by atoms with Gasteiger partial charge in [-0.25, -0.2) is 13.8 Å². The molecule has 6 rings (SSSR count). The van der Waals surface area contributed by atoms with Crippen molar-refractivity contribution in [2.75, 3.05) is 50.5 Å². The zero-order valence-corrected chi connectivity index (χ0v) is 22.9. The molecule has 4 aromatic rings. The van der Waals surface area contributed by atoms with E-state index < -0.39 is 11.6 Å². The number of aromatic hydroxyl groups is 1. The van der Waals surface area contributed by atoms with Crippen molar-refractivity contribution in [2.24, 2.45) is 0 Å². The second kappa shape index (κ2) is 10.2. The number of aromatic nitrogens is 2. The first-order valence-corrected chi connectivity index (χ1v) is 13.6. The van der Waals surface area contributed by atoms with Gasteiger partial charge in [0, 0.05) is 71.7 Å². The fraction of sp³-hybridized carbons (Fsp3) is 0.355. The van der Waals surface area contributed by atoms with Crippen molar-refractivity contribution in [3.63, 3.8) is 0 Å². The molecule has 0 radical (unpaired) electrons. The number of rotatable bonds is 6. The number of benzene rings is 2. The topological polar surface area (TPSA) is 76.5 Å². The standard InChI is InChI=1S/C31H32F2N6O/c1-5-22-25(32)9-6-18-12-21(40)13-23(27(18)22)29-28(33)26-17(2)30(34-10-11-38(3)4)37-31(24(26)14-35-29)39-15-19-7-8-20(16-39)36-19/h1,6,9,12-14,19-20,36,40H,7-8,10-11,15-16H2,2-4H3,(H,34,37). The van der Waals surface area contributed by atoms with E-state index in [4.69, 9.17) is 11.4 Å². The van der Waals surface area contributed by atoms with Gasteiger partial charge >= 0.3 is 0 Å². The zero-order chi connectivity index (χ0) is 28.1. The van der Waals surface area contributed by atoms with Crippen LogP contribution in [0.1, 0.15) is 24.0 Å². The third-order valence-electron chi connectivity index (χ3n) is 8.03. The number of phenols is 1. The number of terminal acetylenes is 1. The number of phenolic OH excluding ortho intramolecular Hbond substituents is 1. The largest absolute Gasteiger partial charge is 0.508 e. The molecule has 3 N–H and O–H groups in total. The predicted molar refractivity (Wildman–Crippen MR) is 156 cm³/mol. The van der Waals surface area contributed by atoms with Crippen LogP contribution in [0.2, 0.25) is 0 Å². The summed E-state index contributed by atoms with van der Waals surface area (Å²) in [5, 5.41) is 19.4. The summed E-state index contributed by atoms with van der Waals surface area (Å²) in [7, 11) is 3.99. The lowest BCUT2D eigenvalue weighted by atomic mass is 9.94. The Morgan fingerprint density at radius 3 is 2.62 bits per heavy atom. The molecule has 9 heteroatoms. The Labute approximate surface area is 232 Å². The molecular formula is C31H32F2N6O. The van der Waals surface area contributed by atoms with E-state index in [1.165, 1.54) is 24.3 Å². The SMILES string of the molecule is C#Cc1c(F)ccc2cc(O)cc(-c3ncc4c(N5CC6CCC(C5)N6)nc(NCCN(C)C)c(C)c4c3F)c12. The van der Waals surface area contributed by atoms with Gasteiger partial charge in [-0.05, 0) is 57.4 Å². The maximum absolute atomic E-state index is 16.8. The molecular weight excluding hydrogens is 510 g/mol. The van der Waals surface area contributed by atoms with Crippen LogP contribution in [0.25, 0.3) is 32.8 Å². The van der Waals surface area contributed by atoms with E-state index in [2.05, 4.69) is 31.3 Å². The number of likely N-dealkylation sites (N-methyl/N-ethyl adjacent to an activating group) is 1. The minimum atomic E-state index is -0.591. The molecule has 0 saturated carbocycles. The van der Waals surface area contributed by atoms with Crippen LogP contribution in [-0.4, -0.2) is 72.3 Å². The Balaban J connectivity index is 1.58. The Hall–Kier alpha value is -4.00. The molecule has 206 valence electrons. The second-order valence-corrected chi connectivity index (χ2v) is 11.0. The lowest BCUT2D eigenvalue weighted by Gasteiger charge is -2.35. The van der Waals surface area contributed by atoms with Gasteiger partial charge in [-0.3, -0.25) is 4.98 Å². The third-order valence-corrected chi connectivity index (χ3v) is 8.03. The van der Waals surface area contributed by atoms with Gasteiger partial charge in [-0.2, -0.15) is 0 Å². The van der Waals surface area contributed by atoms with Gasteiger partial charge < -0.3 is 25.5 Å². The smallest absolute Gasteiger partial charge is 0.157 e. The minimum absolute atomic E-state index is 0.00303. The van der Waals surface area contributed by atoms with Crippen LogP contribution in [0, 0.1) is 30.9 Å². The summed E-state index contributed by atoms with van der Waals surface area (Å²) in [6.07, 6.45) is 9.53. The highest BCUT2D eigenvalue weighted by Gasteiger charge is 2.34. The van der Waals surface area contributed by atoms with Gasteiger partial charge in [-0.15, -0.1) is 6.42 Å². The van der Waals surface area contributed by atoms with E-state index in [-0.39, 0.29) is 22.6 Å². The van der Waals surface area contributed by atoms with E-state index in [0.717, 1.165) is 32.5 Å². The zero-order valence-electron chi connectivity index (χ0n) is 22.9. The highest BCUT2D eigenvalue weighted by Crippen LogP contribution is 2.41. The molecule has 0 aliphatic carbocycles. The number of anilines is 2. The summed E-state index contributed by atoms with van der Waals surface area (Å²) in [5.41, 5.74) is 0.894. The summed E-state index contributed by atoms with van der Waals surface area (Å²) in [6.45, 7) is 4.83. The number of halogens is 2. The van der Waals surface area contributed by atoms with Gasteiger partial charge in [0.2, 0.25) is 0 Å². The average Bonchev–Trinajstić information content (AvgIpc) is 3.26. The fourth-order valence-corrected chi connectivity index (χ4v) is 6.11. The molecule has 2 aromatic carbocycles. The number of piperazine rings is 1. The van der Waals surface area contributed by atoms with Crippen LogP contribution in [-0.2, 0) is 0 Å². The van der Waals surface area contributed by atoms with Crippen LogP contribution in [0.15, 0.2) is 30.5 Å². The second-order valence-electron chi connectivity index (χ2n) is 11.0. The molecule has 0 amide bonds. The first-order valence-electron chi connectivity index (χ1n) is 13.6. The number of nitrogens with one attached hydrogen (secondary N) is 2.